The molecule has 80 valence electrons. The fourth-order valence-electron chi connectivity index (χ4n) is 0.513. The summed E-state index contributed by atoms with van der Waals surface area (Å²) in [5, 5.41) is 9.97. The van der Waals surface area contributed by atoms with Crippen LogP contribution in [0.4, 0.5) is 13.2 Å². The summed E-state index contributed by atoms with van der Waals surface area (Å²) in [6.07, 6.45) is -5.27. The number of carbonyl (C=O) groups is 2. The summed E-state index contributed by atoms with van der Waals surface area (Å²) in [5.41, 5.74) is -1.68. The van der Waals surface area contributed by atoms with Gasteiger partial charge in [-0.2, -0.15) is 13.2 Å². The molecule has 14 heavy (non-hydrogen) atoms. The molecule has 0 fully saturated rings. The average molecular weight is 213 g/mol. The lowest BCUT2D eigenvalue weighted by atomic mass is 10.2. The van der Waals surface area contributed by atoms with Gasteiger partial charge in [0.1, 0.15) is 0 Å². The molecule has 0 amide bonds. The molecule has 0 heterocycles. The number of hydrogen-bond acceptors (Lipinski definition) is 5. The van der Waals surface area contributed by atoms with E-state index in [1.54, 1.807) is 0 Å². The lowest BCUT2D eigenvalue weighted by Crippen LogP contribution is -2.36. The van der Waals surface area contributed by atoms with E-state index >= 15 is 0 Å². The minimum atomic E-state index is -5.27. The van der Waals surface area contributed by atoms with Gasteiger partial charge in [-0.3, -0.25) is 4.79 Å². The number of halogens is 3. The van der Waals surface area contributed by atoms with Crippen LogP contribution in [0.2, 0.25) is 0 Å². The van der Waals surface area contributed by atoms with Crippen LogP contribution in [0, 0.1) is 0 Å². The molecule has 0 aliphatic carbocycles. The largest absolute Gasteiger partial charge is 0.461 e. The Hall–Kier alpha value is -1.60. The molecule has 0 aromatic carbocycles. The Morgan fingerprint density at radius 1 is 1.43 bits per heavy atom. The lowest BCUT2D eigenvalue weighted by molar-refractivity contribution is -0.164. The van der Waals surface area contributed by atoms with Crippen LogP contribution in [0.15, 0.2) is 5.16 Å². The number of ether oxygens (including phenoxy) is 1. The second-order valence-electron chi connectivity index (χ2n) is 2.00. The molecular formula is C6H6F3NO4. The Labute approximate surface area is 76.1 Å². The summed E-state index contributed by atoms with van der Waals surface area (Å²) < 4.78 is 39.3. The monoisotopic (exact) mass is 213 g/mol. The van der Waals surface area contributed by atoms with Gasteiger partial charge in [-0.1, -0.05) is 5.16 Å². The quantitative estimate of drug-likeness (QED) is 0.243. The molecule has 0 bridgehead atoms. The van der Waals surface area contributed by atoms with Crippen LogP contribution in [-0.4, -0.2) is 35.5 Å². The molecule has 0 saturated heterocycles. The zero-order valence-corrected chi connectivity index (χ0v) is 6.96. The standard InChI is InChI=1S/C6H6F3NO4/c1-2-14-5(12)3(10-13)4(11)6(7,8)9/h13H,2H2,1H3/b10-3-. The average Bonchev–Trinajstić information content (AvgIpc) is 2.04. The number of nitrogens with zero attached hydrogens (tertiary/aromatic N) is 1. The van der Waals surface area contributed by atoms with E-state index < -0.39 is 23.6 Å². The van der Waals surface area contributed by atoms with Gasteiger partial charge < -0.3 is 9.94 Å². The summed E-state index contributed by atoms with van der Waals surface area (Å²) in [4.78, 5) is 21.0. The first-order valence-corrected chi connectivity index (χ1v) is 3.35. The van der Waals surface area contributed by atoms with Crippen LogP contribution < -0.4 is 0 Å². The van der Waals surface area contributed by atoms with Crippen LogP contribution >= 0.6 is 0 Å². The fourth-order valence-corrected chi connectivity index (χ4v) is 0.513. The Bertz CT molecular complexity index is 271. The molecule has 0 radical (unpaired) electrons. The second kappa shape index (κ2) is 4.58. The summed E-state index contributed by atoms with van der Waals surface area (Å²) in [6.45, 7) is 1.09. The van der Waals surface area contributed by atoms with Crippen LogP contribution in [0.5, 0.6) is 0 Å². The van der Waals surface area contributed by atoms with Gasteiger partial charge in [0, 0.05) is 0 Å². The van der Waals surface area contributed by atoms with Crippen molar-refractivity contribution in [3.05, 3.63) is 0 Å². The van der Waals surface area contributed by atoms with Crippen LogP contribution in [-0.2, 0) is 14.3 Å². The highest BCUT2D eigenvalue weighted by atomic mass is 19.4. The number of hydrogen-bond donors (Lipinski definition) is 1. The molecule has 0 aromatic rings. The number of oxime groups is 1. The number of Topliss-reactive ketones (excluding diaryl/α,β-unsaturated/α-hetero) is 1. The van der Waals surface area contributed by atoms with E-state index in [9.17, 15) is 22.8 Å². The summed E-state index contributed by atoms with van der Waals surface area (Å²) in [5.74, 6) is -4.16. The molecule has 8 heteroatoms. The SMILES string of the molecule is CCOC(=O)/C(=N\O)C(=O)C(F)(F)F. The van der Waals surface area contributed by atoms with Crippen LogP contribution in [0.25, 0.3) is 0 Å². The molecular weight excluding hydrogens is 207 g/mol. The molecule has 0 aliphatic rings. The fraction of sp³-hybridized carbons (Fsp3) is 0.500. The third-order valence-electron chi connectivity index (χ3n) is 1.04. The maximum atomic E-state index is 11.7. The van der Waals surface area contributed by atoms with Gasteiger partial charge in [-0.05, 0) is 6.92 Å². The molecule has 0 saturated carbocycles. The second-order valence-corrected chi connectivity index (χ2v) is 2.00. The first-order chi connectivity index (χ1) is 6.34. The lowest BCUT2D eigenvalue weighted by Gasteiger charge is -2.05. The van der Waals surface area contributed by atoms with Crippen molar-refractivity contribution in [2.75, 3.05) is 6.61 Å². The summed E-state index contributed by atoms with van der Waals surface area (Å²) in [7, 11) is 0. The van der Waals surface area contributed by atoms with E-state index in [0.717, 1.165) is 0 Å². The number of esters is 1. The van der Waals surface area contributed by atoms with Crippen molar-refractivity contribution >= 4 is 17.5 Å². The highest BCUT2D eigenvalue weighted by Gasteiger charge is 2.45. The van der Waals surface area contributed by atoms with E-state index in [0.29, 0.717) is 0 Å². The van der Waals surface area contributed by atoms with Crippen molar-refractivity contribution in [1.29, 1.82) is 0 Å². The molecule has 0 rings (SSSR count). The van der Waals surface area contributed by atoms with Crippen LogP contribution in [0.3, 0.4) is 0 Å². The summed E-state index contributed by atoms with van der Waals surface area (Å²) in [6, 6.07) is 0. The molecule has 1 N–H and O–H groups in total. The van der Waals surface area contributed by atoms with E-state index in [4.69, 9.17) is 5.21 Å². The van der Waals surface area contributed by atoms with Crippen LogP contribution in [0.1, 0.15) is 6.92 Å². The third kappa shape index (κ3) is 3.04. The van der Waals surface area contributed by atoms with Crippen molar-refractivity contribution in [1.82, 2.24) is 0 Å². The Morgan fingerprint density at radius 3 is 2.21 bits per heavy atom. The number of alkyl halides is 3. The first-order valence-electron chi connectivity index (χ1n) is 3.35. The van der Waals surface area contributed by atoms with Crippen molar-refractivity contribution in [3.63, 3.8) is 0 Å². The maximum Gasteiger partial charge on any atom is 0.456 e. The smallest absolute Gasteiger partial charge is 0.456 e. The van der Waals surface area contributed by atoms with Gasteiger partial charge in [0.25, 0.3) is 5.78 Å². The summed E-state index contributed by atoms with van der Waals surface area (Å²) >= 11 is 0. The van der Waals surface area contributed by atoms with E-state index in [-0.39, 0.29) is 6.61 Å². The Balaban J connectivity index is 4.77. The van der Waals surface area contributed by atoms with E-state index in [2.05, 4.69) is 4.74 Å². The topological polar surface area (TPSA) is 76.0 Å². The van der Waals surface area contributed by atoms with Gasteiger partial charge in [0.2, 0.25) is 5.71 Å². The Morgan fingerprint density at radius 2 is 1.93 bits per heavy atom. The zero-order valence-electron chi connectivity index (χ0n) is 6.96. The molecule has 0 aromatic heterocycles. The van der Waals surface area contributed by atoms with Gasteiger partial charge in [0.05, 0.1) is 6.61 Å². The number of rotatable bonds is 3. The predicted octanol–water partition coefficient (Wildman–Crippen LogP) is 0.511. The van der Waals surface area contributed by atoms with E-state index in [1.807, 2.05) is 5.16 Å². The van der Waals surface area contributed by atoms with Crippen molar-refractivity contribution in [2.24, 2.45) is 5.16 Å². The molecule has 0 spiro atoms. The minimum absolute atomic E-state index is 0.233. The van der Waals surface area contributed by atoms with Crippen molar-refractivity contribution in [2.45, 2.75) is 13.1 Å². The number of ketones is 1. The highest BCUT2D eigenvalue weighted by molar-refractivity contribution is 6.65. The highest BCUT2D eigenvalue weighted by Crippen LogP contribution is 2.17. The van der Waals surface area contributed by atoms with E-state index in [1.165, 1.54) is 6.92 Å². The van der Waals surface area contributed by atoms with Gasteiger partial charge in [-0.15, -0.1) is 0 Å². The van der Waals surface area contributed by atoms with Crippen molar-refractivity contribution < 1.29 is 32.7 Å². The van der Waals surface area contributed by atoms with Crippen molar-refractivity contribution in [3.8, 4) is 0 Å². The van der Waals surface area contributed by atoms with Gasteiger partial charge in [0.15, 0.2) is 0 Å². The molecule has 0 aliphatic heterocycles. The van der Waals surface area contributed by atoms with Gasteiger partial charge >= 0.3 is 12.1 Å². The minimum Gasteiger partial charge on any atom is -0.461 e. The third-order valence-corrected chi connectivity index (χ3v) is 1.04. The first kappa shape index (κ1) is 12.4. The zero-order chi connectivity index (χ0) is 11.4. The normalized spacial score (nSPS) is 12.4. The van der Waals surface area contributed by atoms with Gasteiger partial charge in [-0.25, -0.2) is 4.79 Å². The molecule has 5 nitrogen and oxygen atoms in total. The maximum absolute atomic E-state index is 11.7. The molecule has 0 atom stereocenters. The Kier molecular flexibility index (Phi) is 4.06. The number of carbonyl (C=O) groups excluding carboxylic acids is 2. The molecule has 0 unspecified atom stereocenters. The predicted molar refractivity (Wildman–Crippen MR) is 36.9 cm³/mol.